The third-order valence-corrected chi connectivity index (χ3v) is 1.87. The van der Waals surface area contributed by atoms with Crippen LogP contribution in [0.2, 0.25) is 0 Å². The summed E-state index contributed by atoms with van der Waals surface area (Å²) in [6, 6.07) is 0.706. The van der Waals surface area contributed by atoms with Gasteiger partial charge in [-0.3, -0.25) is 10.1 Å². The van der Waals surface area contributed by atoms with Crippen molar-refractivity contribution in [3.8, 4) is 5.75 Å². The highest BCUT2D eigenvalue weighted by molar-refractivity contribution is 5.93. The predicted octanol–water partition coefficient (Wildman–Crippen LogP) is 1.98. The van der Waals surface area contributed by atoms with Gasteiger partial charge in [0.05, 0.1) is 12.0 Å². The van der Waals surface area contributed by atoms with Gasteiger partial charge in [-0.25, -0.2) is 9.78 Å². The summed E-state index contributed by atoms with van der Waals surface area (Å²) >= 11 is 0. The molecule has 0 aliphatic carbocycles. The van der Waals surface area contributed by atoms with Crippen LogP contribution in [-0.4, -0.2) is 29.3 Å². The van der Waals surface area contributed by atoms with Gasteiger partial charge in [0.15, 0.2) is 0 Å². The number of pyridine rings is 1. The number of alkyl halides is 3. The molecule has 0 N–H and O–H groups in total. The van der Waals surface area contributed by atoms with Gasteiger partial charge in [-0.2, -0.15) is 0 Å². The Morgan fingerprint density at radius 1 is 1.47 bits per heavy atom. The summed E-state index contributed by atoms with van der Waals surface area (Å²) in [4.78, 5) is 24.4. The number of hydrogen-bond acceptors (Lipinski definition) is 6. The van der Waals surface area contributed by atoms with Crippen molar-refractivity contribution in [2.75, 3.05) is 7.11 Å². The molecule has 104 valence electrons. The summed E-state index contributed by atoms with van der Waals surface area (Å²) in [5, 5.41) is 10.8. The molecule has 0 bridgehead atoms. The van der Waals surface area contributed by atoms with Crippen LogP contribution in [0.4, 0.5) is 18.9 Å². The summed E-state index contributed by atoms with van der Waals surface area (Å²) in [7, 11) is 0.917. The standard InChI is InChI=1S/C9H7F3N2O5/c1-4-3-5(19-9(10,11)12)7(14(16)17)6(13-4)8(15)18-2/h3H,1-2H3. The van der Waals surface area contributed by atoms with Crippen LogP contribution in [0, 0.1) is 17.0 Å². The molecule has 1 rings (SSSR count). The summed E-state index contributed by atoms with van der Waals surface area (Å²) in [5.74, 6) is -2.35. The molecule has 0 atom stereocenters. The number of esters is 1. The molecule has 0 unspecified atom stereocenters. The minimum absolute atomic E-state index is 0.0646. The highest BCUT2D eigenvalue weighted by Gasteiger charge is 2.37. The minimum atomic E-state index is -5.13. The average Bonchev–Trinajstić information content (AvgIpc) is 2.24. The van der Waals surface area contributed by atoms with Crippen molar-refractivity contribution in [1.29, 1.82) is 0 Å². The predicted molar refractivity (Wildman–Crippen MR) is 53.7 cm³/mol. The topological polar surface area (TPSA) is 91.6 Å². The molecule has 0 aliphatic heterocycles. The first-order valence-electron chi connectivity index (χ1n) is 4.66. The molecular weight excluding hydrogens is 273 g/mol. The number of carbonyl (C=O) groups excluding carboxylic acids is 1. The lowest BCUT2D eigenvalue weighted by molar-refractivity contribution is -0.389. The van der Waals surface area contributed by atoms with E-state index in [1.54, 1.807) is 0 Å². The van der Waals surface area contributed by atoms with Gasteiger partial charge in [0, 0.05) is 11.8 Å². The van der Waals surface area contributed by atoms with Crippen LogP contribution in [0.25, 0.3) is 0 Å². The molecule has 0 aromatic carbocycles. The third kappa shape index (κ3) is 3.53. The fourth-order valence-corrected chi connectivity index (χ4v) is 1.25. The molecule has 0 saturated carbocycles. The van der Waals surface area contributed by atoms with Crippen molar-refractivity contribution in [1.82, 2.24) is 4.98 Å². The van der Waals surface area contributed by atoms with Gasteiger partial charge in [0.1, 0.15) is 0 Å². The first kappa shape index (κ1) is 14.7. The van der Waals surface area contributed by atoms with E-state index in [1.807, 2.05) is 0 Å². The van der Waals surface area contributed by atoms with Gasteiger partial charge < -0.3 is 9.47 Å². The molecule has 1 aromatic heterocycles. The zero-order valence-electron chi connectivity index (χ0n) is 9.65. The number of nitro groups is 1. The van der Waals surface area contributed by atoms with E-state index in [0.717, 1.165) is 7.11 Å². The number of aromatic nitrogens is 1. The Hall–Kier alpha value is -2.39. The van der Waals surface area contributed by atoms with E-state index in [0.29, 0.717) is 6.07 Å². The summed E-state index contributed by atoms with van der Waals surface area (Å²) in [6.45, 7) is 1.25. The van der Waals surface area contributed by atoms with E-state index >= 15 is 0 Å². The van der Waals surface area contributed by atoms with Crippen molar-refractivity contribution in [3.05, 3.63) is 27.6 Å². The maximum atomic E-state index is 12.1. The molecule has 7 nitrogen and oxygen atoms in total. The first-order valence-corrected chi connectivity index (χ1v) is 4.66. The van der Waals surface area contributed by atoms with Gasteiger partial charge in [-0.05, 0) is 6.92 Å². The number of ether oxygens (including phenoxy) is 2. The van der Waals surface area contributed by atoms with E-state index in [9.17, 15) is 28.1 Å². The number of halogens is 3. The Bertz CT molecular complexity index is 529. The Kier molecular flexibility index (Phi) is 3.92. The number of nitrogens with zero attached hydrogens (tertiary/aromatic N) is 2. The minimum Gasteiger partial charge on any atom is -0.464 e. The second-order valence-corrected chi connectivity index (χ2v) is 3.26. The Morgan fingerprint density at radius 3 is 2.47 bits per heavy atom. The quantitative estimate of drug-likeness (QED) is 0.477. The van der Waals surface area contributed by atoms with E-state index < -0.39 is 34.4 Å². The van der Waals surface area contributed by atoms with Gasteiger partial charge in [-0.1, -0.05) is 0 Å². The van der Waals surface area contributed by atoms with Crippen molar-refractivity contribution in [2.45, 2.75) is 13.3 Å². The number of hydrogen-bond donors (Lipinski definition) is 0. The number of aryl methyl sites for hydroxylation is 1. The van der Waals surface area contributed by atoms with E-state index in [4.69, 9.17) is 0 Å². The van der Waals surface area contributed by atoms with Crippen molar-refractivity contribution in [2.24, 2.45) is 0 Å². The second kappa shape index (κ2) is 5.08. The number of methoxy groups -OCH3 is 1. The summed E-state index contributed by atoms with van der Waals surface area (Å²) in [6.07, 6.45) is -5.13. The van der Waals surface area contributed by atoms with Crippen LogP contribution in [0.5, 0.6) is 5.75 Å². The summed E-state index contributed by atoms with van der Waals surface area (Å²) < 4.78 is 44.2. The van der Waals surface area contributed by atoms with Crippen LogP contribution in [0.3, 0.4) is 0 Å². The Morgan fingerprint density at radius 2 is 2.05 bits per heavy atom. The highest BCUT2D eigenvalue weighted by atomic mass is 19.4. The molecule has 0 saturated heterocycles. The molecular formula is C9H7F3N2O5. The molecule has 0 radical (unpaired) electrons. The number of carbonyl (C=O) groups is 1. The van der Waals surface area contributed by atoms with Gasteiger partial charge in [0.2, 0.25) is 11.4 Å². The fourth-order valence-electron chi connectivity index (χ4n) is 1.25. The molecule has 0 amide bonds. The second-order valence-electron chi connectivity index (χ2n) is 3.26. The lowest BCUT2D eigenvalue weighted by atomic mass is 10.2. The maximum Gasteiger partial charge on any atom is 0.573 e. The summed E-state index contributed by atoms with van der Waals surface area (Å²) in [5.41, 5.74) is -2.12. The van der Waals surface area contributed by atoms with Crippen LogP contribution in [0.1, 0.15) is 16.2 Å². The van der Waals surface area contributed by atoms with Gasteiger partial charge >= 0.3 is 18.0 Å². The first-order chi connectivity index (χ1) is 8.65. The molecule has 10 heteroatoms. The van der Waals surface area contributed by atoms with Crippen molar-refractivity contribution < 1.29 is 32.4 Å². The van der Waals surface area contributed by atoms with E-state index in [1.165, 1.54) is 6.92 Å². The van der Waals surface area contributed by atoms with Crippen molar-refractivity contribution >= 4 is 11.7 Å². The Balaban J connectivity index is 3.49. The zero-order valence-corrected chi connectivity index (χ0v) is 9.65. The monoisotopic (exact) mass is 280 g/mol. The molecule has 0 spiro atoms. The fraction of sp³-hybridized carbons (Fsp3) is 0.333. The van der Waals surface area contributed by atoms with E-state index in [-0.39, 0.29) is 5.69 Å². The zero-order chi connectivity index (χ0) is 14.8. The average molecular weight is 280 g/mol. The molecule has 1 aromatic rings. The highest BCUT2D eigenvalue weighted by Crippen LogP contribution is 2.34. The van der Waals surface area contributed by atoms with Gasteiger partial charge in [-0.15, -0.1) is 13.2 Å². The van der Waals surface area contributed by atoms with Crippen LogP contribution < -0.4 is 4.74 Å². The smallest absolute Gasteiger partial charge is 0.464 e. The van der Waals surface area contributed by atoms with Crippen molar-refractivity contribution in [3.63, 3.8) is 0 Å². The molecule has 1 heterocycles. The largest absolute Gasteiger partial charge is 0.573 e. The number of rotatable bonds is 3. The van der Waals surface area contributed by atoms with E-state index in [2.05, 4.69) is 14.5 Å². The Labute approximate surface area is 104 Å². The molecule has 0 fully saturated rings. The SMILES string of the molecule is COC(=O)c1nc(C)cc(OC(F)(F)F)c1[N+](=O)[O-]. The maximum absolute atomic E-state index is 12.1. The third-order valence-electron chi connectivity index (χ3n) is 1.87. The molecule has 19 heavy (non-hydrogen) atoms. The lowest BCUT2D eigenvalue weighted by Gasteiger charge is -2.11. The lowest BCUT2D eigenvalue weighted by Crippen LogP contribution is -2.20. The van der Waals surface area contributed by atoms with Crippen LogP contribution in [-0.2, 0) is 4.74 Å². The normalized spacial score (nSPS) is 11.0. The van der Waals surface area contributed by atoms with Gasteiger partial charge in [0.25, 0.3) is 0 Å². The molecule has 0 aliphatic rings. The van der Waals surface area contributed by atoms with Crippen LogP contribution >= 0.6 is 0 Å². The van der Waals surface area contributed by atoms with Crippen LogP contribution in [0.15, 0.2) is 6.07 Å².